The van der Waals surface area contributed by atoms with E-state index < -0.39 is 0 Å². The van der Waals surface area contributed by atoms with E-state index in [2.05, 4.69) is 26.1 Å². The molecule has 1 amide bonds. The summed E-state index contributed by atoms with van der Waals surface area (Å²) in [5, 5.41) is 2.98. The number of hydrogen-bond donors (Lipinski definition) is 2. The molecule has 0 aromatic carbocycles. The third kappa shape index (κ3) is 7.69. The first-order valence-electron chi connectivity index (χ1n) is 6.60. The highest BCUT2D eigenvalue weighted by Gasteiger charge is 2.09. The first kappa shape index (κ1) is 15.4. The van der Waals surface area contributed by atoms with Crippen LogP contribution >= 0.6 is 0 Å². The lowest BCUT2D eigenvalue weighted by molar-refractivity contribution is -0.121. The predicted octanol–water partition coefficient (Wildman–Crippen LogP) is 2.30. The van der Waals surface area contributed by atoms with Crippen molar-refractivity contribution in [2.24, 2.45) is 17.6 Å². The summed E-state index contributed by atoms with van der Waals surface area (Å²) in [5.41, 5.74) is 5.53. The molecule has 3 heteroatoms. The number of nitrogens with two attached hydrogens (primary N) is 1. The molecule has 0 rings (SSSR count). The van der Waals surface area contributed by atoms with Gasteiger partial charge in [-0.05, 0) is 31.2 Å². The summed E-state index contributed by atoms with van der Waals surface area (Å²) in [4.78, 5) is 11.5. The summed E-state index contributed by atoms with van der Waals surface area (Å²) in [5.74, 6) is 1.38. The quantitative estimate of drug-likeness (QED) is 0.636. The fourth-order valence-electron chi connectivity index (χ4n) is 1.64. The van der Waals surface area contributed by atoms with Crippen LogP contribution in [0, 0.1) is 11.8 Å². The van der Waals surface area contributed by atoms with Crippen molar-refractivity contribution in [1.82, 2.24) is 5.32 Å². The molecule has 0 aliphatic carbocycles. The number of carbonyl (C=O) groups is 1. The molecule has 2 unspecified atom stereocenters. The zero-order valence-corrected chi connectivity index (χ0v) is 11.1. The number of nitrogens with one attached hydrogen (secondary N) is 1. The molecule has 0 spiro atoms. The largest absolute Gasteiger partial charge is 0.356 e. The Hall–Kier alpha value is -0.570. The summed E-state index contributed by atoms with van der Waals surface area (Å²) in [7, 11) is 0. The molecule has 0 radical (unpaired) electrons. The van der Waals surface area contributed by atoms with Crippen molar-refractivity contribution in [2.45, 2.75) is 52.9 Å². The van der Waals surface area contributed by atoms with E-state index in [0.717, 1.165) is 38.8 Å². The first-order valence-corrected chi connectivity index (χ1v) is 6.60. The van der Waals surface area contributed by atoms with Crippen LogP contribution in [0.3, 0.4) is 0 Å². The molecule has 0 aromatic heterocycles. The molecule has 0 aromatic rings. The van der Waals surface area contributed by atoms with Gasteiger partial charge >= 0.3 is 0 Å². The Bertz CT molecular complexity index is 183. The van der Waals surface area contributed by atoms with E-state index >= 15 is 0 Å². The Morgan fingerprint density at radius 1 is 1.25 bits per heavy atom. The standard InChI is InChI=1S/C13H28N2O/c1-4-11(3)10-15-13(16)7-6-12(5-2)8-9-14/h11-12H,4-10,14H2,1-3H3,(H,15,16). The van der Waals surface area contributed by atoms with E-state index in [1.54, 1.807) is 0 Å². The molecule has 16 heavy (non-hydrogen) atoms. The SMILES string of the molecule is CCC(C)CNC(=O)CCC(CC)CCN. The molecule has 0 fully saturated rings. The zero-order chi connectivity index (χ0) is 12.4. The van der Waals surface area contributed by atoms with E-state index in [1.807, 2.05) is 0 Å². The lowest BCUT2D eigenvalue weighted by Gasteiger charge is -2.14. The minimum absolute atomic E-state index is 0.191. The molecule has 0 aliphatic rings. The van der Waals surface area contributed by atoms with Crippen LogP contribution in [0.1, 0.15) is 52.9 Å². The maximum absolute atomic E-state index is 11.5. The van der Waals surface area contributed by atoms with Gasteiger partial charge in [0, 0.05) is 13.0 Å². The Balaban J connectivity index is 3.62. The van der Waals surface area contributed by atoms with Gasteiger partial charge in [-0.3, -0.25) is 4.79 Å². The highest BCUT2D eigenvalue weighted by molar-refractivity contribution is 5.75. The maximum Gasteiger partial charge on any atom is 0.220 e. The van der Waals surface area contributed by atoms with Gasteiger partial charge < -0.3 is 11.1 Å². The second-order valence-corrected chi connectivity index (χ2v) is 4.71. The lowest BCUT2D eigenvalue weighted by atomic mass is 9.96. The van der Waals surface area contributed by atoms with Crippen molar-refractivity contribution in [3.05, 3.63) is 0 Å². The first-order chi connectivity index (χ1) is 7.63. The average molecular weight is 228 g/mol. The number of amides is 1. The highest BCUT2D eigenvalue weighted by atomic mass is 16.1. The van der Waals surface area contributed by atoms with E-state index in [4.69, 9.17) is 5.73 Å². The molecule has 3 N–H and O–H groups in total. The lowest BCUT2D eigenvalue weighted by Crippen LogP contribution is -2.28. The van der Waals surface area contributed by atoms with Crippen molar-refractivity contribution in [1.29, 1.82) is 0 Å². The third-order valence-corrected chi connectivity index (χ3v) is 3.28. The summed E-state index contributed by atoms with van der Waals surface area (Å²) in [6.45, 7) is 8.00. The van der Waals surface area contributed by atoms with Crippen LogP contribution in [0.5, 0.6) is 0 Å². The Morgan fingerprint density at radius 2 is 1.94 bits per heavy atom. The molecule has 96 valence electrons. The fraction of sp³-hybridized carbons (Fsp3) is 0.923. The molecule has 0 saturated carbocycles. The van der Waals surface area contributed by atoms with Gasteiger partial charge in [0.05, 0.1) is 0 Å². The second kappa shape index (κ2) is 9.64. The predicted molar refractivity (Wildman–Crippen MR) is 69.2 cm³/mol. The zero-order valence-electron chi connectivity index (χ0n) is 11.1. The summed E-state index contributed by atoms with van der Waals surface area (Å²) in [6, 6.07) is 0. The van der Waals surface area contributed by atoms with Gasteiger partial charge in [-0.2, -0.15) is 0 Å². The van der Waals surface area contributed by atoms with Crippen LogP contribution in [0.15, 0.2) is 0 Å². The van der Waals surface area contributed by atoms with Gasteiger partial charge in [0.1, 0.15) is 0 Å². The van der Waals surface area contributed by atoms with Gasteiger partial charge in [0.25, 0.3) is 0 Å². The van der Waals surface area contributed by atoms with Crippen molar-refractivity contribution in [3.63, 3.8) is 0 Å². The summed E-state index contributed by atoms with van der Waals surface area (Å²) < 4.78 is 0. The molecule has 3 nitrogen and oxygen atoms in total. The van der Waals surface area contributed by atoms with E-state index in [-0.39, 0.29) is 5.91 Å². The summed E-state index contributed by atoms with van der Waals surface area (Å²) >= 11 is 0. The minimum atomic E-state index is 0.191. The van der Waals surface area contributed by atoms with Gasteiger partial charge in [0.15, 0.2) is 0 Å². The van der Waals surface area contributed by atoms with Gasteiger partial charge in [-0.25, -0.2) is 0 Å². The Morgan fingerprint density at radius 3 is 2.44 bits per heavy atom. The van der Waals surface area contributed by atoms with Crippen LogP contribution < -0.4 is 11.1 Å². The Kier molecular flexibility index (Phi) is 9.30. The van der Waals surface area contributed by atoms with E-state index in [1.165, 1.54) is 0 Å². The average Bonchev–Trinajstić information content (AvgIpc) is 2.31. The Labute approximate surface area is 100 Å². The molecule has 2 atom stereocenters. The highest BCUT2D eigenvalue weighted by Crippen LogP contribution is 2.14. The van der Waals surface area contributed by atoms with Crippen molar-refractivity contribution in [3.8, 4) is 0 Å². The topological polar surface area (TPSA) is 55.1 Å². The monoisotopic (exact) mass is 228 g/mol. The second-order valence-electron chi connectivity index (χ2n) is 4.71. The van der Waals surface area contributed by atoms with E-state index in [0.29, 0.717) is 18.3 Å². The fourth-order valence-corrected chi connectivity index (χ4v) is 1.64. The molecule has 0 bridgehead atoms. The maximum atomic E-state index is 11.5. The van der Waals surface area contributed by atoms with Crippen LogP contribution in [0.4, 0.5) is 0 Å². The van der Waals surface area contributed by atoms with Gasteiger partial charge in [-0.15, -0.1) is 0 Å². The minimum Gasteiger partial charge on any atom is -0.356 e. The number of hydrogen-bond acceptors (Lipinski definition) is 2. The normalized spacial score (nSPS) is 14.5. The van der Waals surface area contributed by atoms with Crippen LogP contribution in [0.2, 0.25) is 0 Å². The van der Waals surface area contributed by atoms with Crippen LogP contribution in [-0.4, -0.2) is 19.0 Å². The third-order valence-electron chi connectivity index (χ3n) is 3.28. The van der Waals surface area contributed by atoms with Crippen molar-refractivity contribution >= 4 is 5.91 Å². The van der Waals surface area contributed by atoms with Gasteiger partial charge in [0.2, 0.25) is 5.91 Å². The smallest absolute Gasteiger partial charge is 0.220 e. The molecular formula is C13H28N2O. The van der Waals surface area contributed by atoms with Gasteiger partial charge in [-0.1, -0.05) is 33.6 Å². The van der Waals surface area contributed by atoms with Crippen LogP contribution in [0.25, 0.3) is 0 Å². The molecule has 0 heterocycles. The number of carbonyl (C=O) groups excluding carboxylic acids is 1. The number of rotatable bonds is 9. The van der Waals surface area contributed by atoms with Crippen LogP contribution in [-0.2, 0) is 4.79 Å². The van der Waals surface area contributed by atoms with E-state index in [9.17, 15) is 4.79 Å². The van der Waals surface area contributed by atoms with Crippen molar-refractivity contribution in [2.75, 3.05) is 13.1 Å². The molecule has 0 aliphatic heterocycles. The molecular weight excluding hydrogens is 200 g/mol. The molecule has 0 saturated heterocycles. The van der Waals surface area contributed by atoms with Crippen molar-refractivity contribution < 1.29 is 4.79 Å². The summed E-state index contributed by atoms with van der Waals surface area (Å²) in [6.07, 6.45) is 4.89.